The highest BCUT2D eigenvalue weighted by Gasteiger charge is 2.08. The van der Waals surface area contributed by atoms with Crippen LogP contribution < -0.4 is 5.73 Å². The molecule has 0 saturated carbocycles. The third-order valence-electron chi connectivity index (χ3n) is 2.60. The summed E-state index contributed by atoms with van der Waals surface area (Å²) in [6.45, 7) is 0.681. The summed E-state index contributed by atoms with van der Waals surface area (Å²) < 4.78 is 0. The maximum absolute atomic E-state index is 6.18. The van der Waals surface area contributed by atoms with Crippen molar-refractivity contribution >= 4 is 35.0 Å². The fourth-order valence-corrected chi connectivity index (χ4v) is 3.10. The zero-order valence-electron chi connectivity index (χ0n) is 10.3. The Kier molecular flexibility index (Phi) is 5.52. The van der Waals surface area contributed by atoms with E-state index in [1.165, 1.54) is 5.56 Å². The number of halogens is 2. The predicted molar refractivity (Wildman–Crippen MR) is 82.2 cm³/mol. The molecule has 5 heteroatoms. The molecular formula is C14H14Cl2N2S. The molecular weight excluding hydrogens is 299 g/mol. The highest BCUT2D eigenvalue weighted by Crippen LogP contribution is 2.35. The van der Waals surface area contributed by atoms with E-state index >= 15 is 0 Å². The van der Waals surface area contributed by atoms with Crippen molar-refractivity contribution in [2.45, 2.75) is 22.8 Å². The Morgan fingerprint density at radius 2 is 2.05 bits per heavy atom. The van der Waals surface area contributed by atoms with Gasteiger partial charge in [-0.1, -0.05) is 41.0 Å². The molecule has 0 aliphatic carbocycles. The van der Waals surface area contributed by atoms with E-state index in [2.05, 4.69) is 11.1 Å². The quantitative estimate of drug-likeness (QED) is 0.887. The first kappa shape index (κ1) is 14.7. The molecule has 2 aromatic rings. The summed E-state index contributed by atoms with van der Waals surface area (Å²) in [6, 6.07) is 9.51. The van der Waals surface area contributed by atoms with E-state index in [1.807, 2.05) is 18.2 Å². The fourth-order valence-electron chi connectivity index (χ4n) is 1.66. The molecule has 0 atom stereocenters. The molecule has 1 heterocycles. The number of aryl methyl sites for hydroxylation is 1. The van der Waals surface area contributed by atoms with Crippen LogP contribution >= 0.6 is 35.0 Å². The van der Waals surface area contributed by atoms with Gasteiger partial charge in [-0.15, -0.1) is 0 Å². The normalized spacial score (nSPS) is 10.7. The lowest BCUT2D eigenvalue weighted by atomic mass is 10.2. The van der Waals surface area contributed by atoms with Crippen molar-refractivity contribution in [1.82, 2.24) is 4.98 Å². The smallest absolute Gasteiger partial charge is 0.104 e. The Balaban J connectivity index is 2.22. The predicted octanol–water partition coefficient (Wildman–Crippen LogP) is 4.43. The van der Waals surface area contributed by atoms with Gasteiger partial charge in [0.05, 0.1) is 5.02 Å². The molecule has 1 aromatic heterocycles. The first-order valence-electron chi connectivity index (χ1n) is 5.97. The molecule has 0 saturated heterocycles. The van der Waals surface area contributed by atoms with Crippen molar-refractivity contribution in [2.75, 3.05) is 6.54 Å². The second-order valence-corrected chi connectivity index (χ2v) is 5.91. The zero-order valence-corrected chi connectivity index (χ0v) is 12.6. The highest BCUT2D eigenvalue weighted by atomic mass is 35.5. The van der Waals surface area contributed by atoms with Crippen LogP contribution in [0.25, 0.3) is 0 Å². The van der Waals surface area contributed by atoms with Gasteiger partial charge in [0.25, 0.3) is 0 Å². The van der Waals surface area contributed by atoms with E-state index in [0.29, 0.717) is 16.6 Å². The lowest BCUT2D eigenvalue weighted by Gasteiger charge is -2.08. The highest BCUT2D eigenvalue weighted by molar-refractivity contribution is 7.99. The SMILES string of the molecule is NCCCc1cccnc1Sc1ccc(Cl)cc1Cl. The van der Waals surface area contributed by atoms with E-state index < -0.39 is 0 Å². The minimum atomic E-state index is 0.638. The van der Waals surface area contributed by atoms with Crippen LogP contribution in [0.15, 0.2) is 46.5 Å². The summed E-state index contributed by atoms with van der Waals surface area (Å²) in [5, 5.41) is 2.26. The van der Waals surface area contributed by atoms with Gasteiger partial charge in [-0.05, 0) is 49.2 Å². The maximum Gasteiger partial charge on any atom is 0.104 e. The molecule has 0 unspecified atom stereocenters. The van der Waals surface area contributed by atoms with Gasteiger partial charge in [-0.3, -0.25) is 0 Å². The molecule has 0 amide bonds. The monoisotopic (exact) mass is 312 g/mol. The molecule has 2 rings (SSSR count). The van der Waals surface area contributed by atoms with E-state index in [4.69, 9.17) is 28.9 Å². The van der Waals surface area contributed by atoms with Crippen molar-refractivity contribution < 1.29 is 0 Å². The average Bonchev–Trinajstić information content (AvgIpc) is 2.41. The van der Waals surface area contributed by atoms with Crippen LogP contribution in [0.5, 0.6) is 0 Å². The first-order chi connectivity index (χ1) is 9.20. The van der Waals surface area contributed by atoms with Crippen LogP contribution in [-0.2, 0) is 6.42 Å². The molecule has 2 nitrogen and oxygen atoms in total. The third kappa shape index (κ3) is 4.11. The topological polar surface area (TPSA) is 38.9 Å². The average molecular weight is 313 g/mol. The van der Waals surface area contributed by atoms with Crippen LogP contribution in [0.4, 0.5) is 0 Å². The first-order valence-corrected chi connectivity index (χ1v) is 7.55. The molecule has 19 heavy (non-hydrogen) atoms. The third-order valence-corrected chi connectivity index (χ3v) is 4.40. The molecule has 2 N–H and O–H groups in total. The minimum absolute atomic E-state index is 0.638. The Morgan fingerprint density at radius 3 is 2.79 bits per heavy atom. The van der Waals surface area contributed by atoms with Crippen LogP contribution in [0, 0.1) is 0 Å². The molecule has 0 bridgehead atoms. The van der Waals surface area contributed by atoms with E-state index in [0.717, 1.165) is 22.8 Å². The summed E-state index contributed by atoms with van der Waals surface area (Å²) in [6.07, 6.45) is 3.67. The van der Waals surface area contributed by atoms with Crippen molar-refractivity contribution in [3.05, 3.63) is 52.1 Å². The van der Waals surface area contributed by atoms with Crippen LogP contribution in [0.3, 0.4) is 0 Å². The van der Waals surface area contributed by atoms with Crippen molar-refractivity contribution in [3.63, 3.8) is 0 Å². The largest absolute Gasteiger partial charge is 0.330 e. The fraction of sp³-hybridized carbons (Fsp3) is 0.214. The molecule has 0 fully saturated rings. The van der Waals surface area contributed by atoms with Gasteiger partial charge in [0, 0.05) is 16.1 Å². The van der Waals surface area contributed by atoms with Crippen LogP contribution in [0.2, 0.25) is 10.0 Å². The Hall–Kier alpha value is -0.740. The molecule has 100 valence electrons. The standard InChI is InChI=1S/C14H14Cl2N2S/c15-11-5-6-13(12(16)9-11)19-14-10(3-1-7-17)4-2-8-18-14/h2,4-6,8-9H,1,3,7,17H2. The number of hydrogen-bond acceptors (Lipinski definition) is 3. The number of rotatable bonds is 5. The number of hydrogen-bond donors (Lipinski definition) is 1. The molecule has 0 aliphatic rings. The molecule has 0 spiro atoms. The van der Waals surface area contributed by atoms with Crippen LogP contribution in [0.1, 0.15) is 12.0 Å². The van der Waals surface area contributed by atoms with E-state index in [-0.39, 0.29) is 0 Å². The number of nitrogens with two attached hydrogens (primary N) is 1. The van der Waals surface area contributed by atoms with E-state index in [1.54, 1.807) is 24.0 Å². The second kappa shape index (κ2) is 7.15. The van der Waals surface area contributed by atoms with E-state index in [9.17, 15) is 0 Å². The summed E-state index contributed by atoms with van der Waals surface area (Å²) >= 11 is 13.6. The van der Waals surface area contributed by atoms with Gasteiger partial charge in [0.15, 0.2) is 0 Å². The summed E-state index contributed by atoms with van der Waals surface area (Å²) in [5.74, 6) is 0. The molecule has 0 aliphatic heterocycles. The second-order valence-electron chi connectivity index (χ2n) is 4.04. The lowest BCUT2D eigenvalue weighted by Crippen LogP contribution is -2.01. The number of benzene rings is 1. The van der Waals surface area contributed by atoms with Gasteiger partial charge < -0.3 is 5.73 Å². The lowest BCUT2D eigenvalue weighted by molar-refractivity contribution is 0.808. The van der Waals surface area contributed by atoms with Gasteiger partial charge in [0.1, 0.15) is 5.03 Å². The zero-order chi connectivity index (χ0) is 13.7. The summed E-state index contributed by atoms with van der Waals surface area (Å²) in [5.41, 5.74) is 6.75. The van der Waals surface area contributed by atoms with Crippen molar-refractivity contribution in [3.8, 4) is 0 Å². The van der Waals surface area contributed by atoms with Gasteiger partial charge >= 0.3 is 0 Å². The van der Waals surface area contributed by atoms with Gasteiger partial charge in [-0.2, -0.15) is 0 Å². The van der Waals surface area contributed by atoms with Gasteiger partial charge in [-0.25, -0.2) is 4.98 Å². The Bertz CT molecular complexity index is 561. The maximum atomic E-state index is 6.18. The van der Waals surface area contributed by atoms with Crippen molar-refractivity contribution in [1.29, 1.82) is 0 Å². The number of pyridine rings is 1. The van der Waals surface area contributed by atoms with Crippen LogP contribution in [-0.4, -0.2) is 11.5 Å². The Labute approximate surface area is 127 Å². The van der Waals surface area contributed by atoms with Gasteiger partial charge in [0.2, 0.25) is 0 Å². The summed E-state index contributed by atoms with van der Waals surface area (Å²) in [7, 11) is 0. The number of nitrogens with zero attached hydrogens (tertiary/aromatic N) is 1. The number of aromatic nitrogens is 1. The minimum Gasteiger partial charge on any atom is -0.330 e. The van der Waals surface area contributed by atoms with Crippen molar-refractivity contribution in [2.24, 2.45) is 5.73 Å². The molecule has 0 radical (unpaired) electrons. The summed E-state index contributed by atoms with van der Waals surface area (Å²) in [4.78, 5) is 5.38. The Morgan fingerprint density at radius 1 is 1.21 bits per heavy atom. The molecule has 1 aromatic carbocycles.